The number of halogens is 1. The van der Waals surface area contributed by atoms with Crippen molar-refractivity contribution in [3.63, 3.8) is 0 Å². The van der Waals surface area contributed by atoms with Crippen LogP contribution in [0.2, 0.25) is 0 Å². The monoisotopic (exact) mass is 364 g/mol. The molecule has 0 fully saturated rings. The lowest BCUT2D eigenvalue weighted by atomic mass is 10.2. The van der Waals surface area contributed by atoms with E-state index < -0.39 is 4.92 Å². The Bertz CT molecular complexity index is 714. The largest absolute Gasteiger partial charge is 0.493 e. The van der Waals surface area contributed by atoms with Gasteiger partial charge < -0.3 is 9.47 Å². The summed E-state index contributed by atoms with van der Waals surface area (Å²) < 4.78 is 11.3. The fourth-order valence-corrected chi connectivity index (χ4v) is 2.20. The Labute approximate surface area is 135 Å². The number of benzene rings is 2. The Hall–Kier alpha value is -2.41. The molecule has 22 heavy (non-hydrogen) atoms. The molecule has 0 unspecified atom stereocenters. The second-order valence-corrected chi connectivity index (χ2v) is 5.11. The van der Waals surface area contributed by atoms with Gasteiger partial charge in [0.2, 0.25) is 0 Å². The van der Waals surface area contributed by atoms with E-state index in [9.17, 15) is 10.1 Å². The Kier molecular flexibility index (Phi) is 5.11. The minimum Gasteiger partial charge on any atom is -0.493 e. The molecule has 0 bridgehead atoms. The van der Waals surface area contributed by atoms with E-state index in [0.29, 0.717) is 17.2 Å². The van der Waals surface area contributed by atoms with Crippen LogP contribution in [0, 0.1) is 10.1 Å². The van der Waals surface area contributed by atoms with E-state index in [1.54, 1.807) is 44.7 Å². The van der Waals surface area contributed by atoms with Crippen LogP contribution in [-0.2, 0) is 0 Å². The lowest BCUT2D eigenvalue weighted by molar-refractivity contribution is -0.384. The summed E-state index contributed by atoms with van der Waals surface area (Å²) in [6.45, 7) is 0. The summed E-state index contributed by atoms with van der Waals surface area (Å²) in [7, 11) is 3.12. The number of hydrogen-bond donors (Lipinski definition) is 0. The molecule has 0 saturated carbocycles. The maximum absolute atomic E-state index is 10.6. The summed E-state index contributed by atoms with van der Waals surface area (Å²) in [5.74, 6) is 1.21. The van der Waals surface area contributed by atoms with Crippen LogP contribution in [0.15, 0.2) is 45.9 Å². The first-order valence-corrected chi connectivity index (χ1v) is 7.04. The Morgan fingerprint density at radius 2 is 1.73 bits per heavy atom. The third-order valence-electron chi connectivity index (χ3n) is 2.92. The molecule has 0 atom stereocenters. The van der Waals surface area contributed by atoms with Gasteiger partial charge in [-0.25, -0.2) is 0 Å². The predicted molar refractivity (Wildman–Crippen MR) is 87.6 cm³/mol. The maximum Gasteiger partial charge on any atom is 0.269 e. The number of ether oxygens (including phenoxy) is 2. The smallest absolute Gasteiger partial charge is 0.269 e. The van der Waals surface area contributed by atoms with Crippen molar-refractivity contribution in [1.29, 1.82) is 0 Å². The van der Waals surface area contributed by atoms with Gasteiger partial charge in [-0.05, 0) is 40.2 Å². The molecular weight excluding hydrogens is 352 g/mol. The van der Waals surface area contributed by atoms with Gasteiger partial charge in [-0.15, -0.1) is 0 Å². The van der Waals surface area contributed by atoms with E-state index in [1.807, 2.05) is 0 Å². The van der Waals surface area contributed by atoms with Crippen molar-refractivity contribution in [3.05, 3.63) is 56.5 Å². The second-order valence-electron chi connectivity index (χ2n) is 4.26. The first-order chi connectivity index (χ1) is 10.5. The SMILES string of the molecule is COc1cc(Br)c(C=Nc2ccc([N+](=O)[O-])cc2)cc1OC. The predicted octanol–water partition coefficient (Wildman–Crippen LogP) is 4.13. The molecule has 0 heterocycles. The first kappa shape index (κ1) is 16.0. The molecule has 7 heteroatoms. The molecule has 0 aliphatic heterocycles. The summed E-state index contributed by atoms with van der Waals surface area (Å²) in [5.41, 5.74) is 1.45. The van der Waals surface area contributed by atoms with Crippen LogP contribution in [0.1, 0.15) is 5.56 Å². The van der Waals surface area contributed by atoms with Gasteiger partial charge in [-0.2, -0.15) is 0 Å². The third-order valence-corrected chi connectivity index (χ3v) is 3.60. The molecule has 0 radical (unpaired) electrons. The fraction of sp³-hybridized carbons (Fsp3) is 0.133. The molecule has 114 valence electrons. The average Bonchev–Trinajstić information content (AvgIpc) is 2.53. The summed E-state index contributed by atoms with van der Waals surface area (Å²) in [4.78, 5) is 14.5. The fourth-order valence-electron chi connectivity index (χ4n) is 1.77. The Balaban J connectivity index is 2.27. The molecule has 0 spiro atoms. The van der Waals surface area contributed by atoms with E-state index in [-0.39, 0.29) is 5.69 Å². The summed E-state index contributed by atoms with van der Waals surface area (Å²) in [5, 5.41) is 10.6. The molecule has 0 aromatic heterocycles. The number of hydrogen-bond acceptors (Lipinski definition) is 5. The topological polar surface area (TPSA) is 74.0 Å². The number of non-ortho nitro benzene ring substituents is 1. The molecular formula is C15H13BrN2O4. The zero-order valence-electron chi connectivity index (χ0n) is 11.9. The van der Waals surface area contributed by atoms with Crippen molar-refractivity contribution in [3.8, 4) is 11.5 Å². The van der Waals surface area contributed by atoms with Crippen LogP contribution in [0.25, 0.3) is 0 Å². The maximum atomic E-state index is 10.6. The summed E-state index contributed by atoms with van der Waals surface area (Å²) in [6.07, 6.45) is 1.65. The molecule has 0 aliphatic rings. The Morgan fingerprint density at radius 3 is 2.27 bits per heavy atom. The number of rotatable bonds is 5. The number of nitro groups is 1. The lowest BCUT2D eigenvalue weighted by Crippen LogP contribution is -1.93. The van der Waals surface area contributed by atoms with Crippen molar-refractivity contribution in [2.45, 2.75) is 0 Å². The van der Waals surface area contributed by atoms with E-state index >= 15 is 0 Å². The van der Waals surface area contributed by atoms with E-state index in [2.05, 4.69) is 20.9 Å². The minimum atomic E-state index is -0.446. The zero-order valence-corrected chi connectivity index (χ0v) is 13.5. The lowest BCUT2D eigenvalue weighted by Gasteiger charge is -2.09. The van der Waals surface area contributed by atoms with Gasteiger partial charge in [0.05, 0.1) is 24.8 Å². The van der Waals surface area contributed by atoms with Gasteiger partial charge in [0.1, 0.15) is 0 Å². The molecule has 6 nitrogen and oxygen atoms in total. The van der Waals surface area contributed by atoms with E-state index in [4.69, 9.17) is 9.47 Å². The second kappa shape index (κ2) is 7.04. The van der Waals surface area contributed by atoms with Crippen molar-refractivity contribution < 1.29 is 14.4 Å². The minimum absolute atomic E-state index is 0.0336. The van der Waals surface area contributed by atoms with E-state index in [0.717, 1.165) is 10.0 Å². The van der Waals surface area contributed by atoms with Crippen LogP contribution in [0.3, 0.4) is 0 Å². The van der Waals surface area contributed by atoms with Gasteiger partial charge in [0, 0.05) is 28.4 Å². The van der Waals surface area contributed by atoms with Gasteiger partial charge in [-0.1, -0.05) is 0 Å². The highest BCUT2D eigenvalue weighted by Gasteiger charge is 2.08. The molecule has 0 aliphatic carbocycles. The van der Waals surface area contributed by atoms with Crippen LogP contribution in [0.4, 0.5) is 11.4 Å². The standard InChI is InChI=1S/C15H13BrN2O4/c1-21-14-7-10(13(16)8-15(14)22-2)9-17-11-3-5-12(6-4-11)18(19)20/h3-9H,1-2H3. The van der Waals surface area contributed by atoms with Crippen molar-refractivity contribution >= 4 is 33.5 Å². The van der Waals surface area contributed by atoms with Gasteiger partial charge in [0.15, 0.2) is 11.5 Å². The highest BCUT2D eigenvalue weighted by molar-refractivity contribution is 9.10. The normalized spacial score (nSPS) is 10.7. The molecule has 2 aromatic rings. The summed E-state index contributed by atoms with van der Waals surface area (Å²) >= 11 is 3.44. The number of methoxy groups -OCH3 is 2. The van der Waals surface area contributed by atoms with Crippen molar-refractivity contribution in [2.24, 2.45) is 4.99 Å². The first-order valence-electron chi connectivity index (χ1n) is 6.25. The summed E-state index contributed by atoms with van der Waals surface area (Å²) in [6, 6.07) is 9.58. The number of aliphatic imine (C=N–C) groups is 1. The van der Waals surface area contributed by atoms with Crippen LogP contribution >= 0.6 is 15.9 Å². The third kappa shape index (κ3) is 3.62. The highest BCUT2D eigenvalue weighted by Crippen LogP contribution is 2.32. The van der Waals surface area contributed by atoms with Crippen LogP contribution in [-0.4, -0.2) is 25.4 Å². The highest BCUT2D eigenvalue weighted by atomic mass is 79.9. The zero-order chi connectivity index (χ0) is 16.1. The quantitative estimate of drug-likeness (QED) is 0.454. The van der Waals surface area contributed by atoms with Crippen molar-refractivity contribution in [1.82, 2.24) is 0 Å². The van der Waals surface area contributed by atoms with Crippen molar-refractivity contribution in [2.75, 3.05) is 14.2 Å². The number of nitrogens with zero attached hydrogens (tertiary/aromatic N) is 2. The van der Waals surface area contributed by atoms with Gasteiger partial charge in [0.25, 0.3) is 5.69 Å². The Morgan fingerprint density at radius 1 is 1.14 bits per heavy atom. The van der Waals surface area contributed by atoms with Crippen LogP contribution in [0.5, 0.6) is 11.5 Å². The average molecular weight is 365 g/mol. The van der Waals surface area contributed by atoms with E-state index in [1.165, 1.54) is 12.1 Å². The molecule has 0 N–H and O–H groups in total. The van der Waals surface area contributed by atoms with Crippen LogP contribution < -0.4 is 9.47 Å². The van der Waals surface area contributed by atoms with Gasteiger partial charge >= 0.3 is 0 Å². The molecule has 2 rings (SSSR count). The number of nitro benzene ring substituents is 1. The van der Waals surface area contributed by atoms with Gasteiger partial charge in [-0.3, -0.25) is 15.1 Å². The molecule has 2 aromatic carbocycles. The molecule has 0 amide bonds. The molecule has 0 saturated heterocycles.